The summed E-state index contributed by atoms with van der Waals surface area (Å²) in [5.41, 5.74) is -0.109. The minimum atomic E-state index is -4.30. The molecular formula is C14H23F3O3S. The Morgan fingerprint density at radius 2 is 2.05 bits per heavy atom. The molecule has 2 aliphatic rings. The van der Waals surface area contributed by atoms with Crippen molar-refractivity contribution in [3.8, 4) is 0 Å². The van der Waals surface area contributed by atoms with Crippen molar-refractivity contribution in [2.75, 3.05) is 31.3 Å². The molecule has 2 fully saturated rings. The molecule has 0 amide bonds. The number of aliphatic hydroxyl groups is 1. The summed E-state index contributed by atoms with van der Waals surface area (Å²) in [4.78, 5) is 0. The first-order valence-electron chi connectivity index (χ1n) is 7.44. The molecule has 2 unspecified atom stereocenters. The van der Waals surface area contributed by atoms with E-state index in [0.717, 1.165) is 37.2 Å². The van der Waals surface area contributed by atoms with E-state index in [1.165, 1.54) is 0 Å². The van der Waals surface area contributed by atoms with Crippen molar-refractivity contribution in [1.29, 1.82) is 0 Å². The van der Waals surface area contributed by atoms with Gasteiger partial charge in [0.2, 0.25) is 0 Å². The lowest BCUT2D eigenvalue weighted by Crippen LogP contribution is -2.45. The van der Waals surface area contributed by atoms with Crippen LogP contribution in [0.1, 0.15) is 32.1 Å². The smallest absolute Gasteiger partial charge is 0.393 e. The molecule has 21 heavy (non-hydrogen) atoms. The van der Waals surface area contributed by atoms with Crippen molar-refractivity contribution in [3.05, 3.63) is 0 Å². The summed E-state index contributed by atoms with van der Waals surface area (Å²) < 4.78 is 46.4. The van der Waals surface area contributed by atoms with Crippen LogP contribution < -0.4 is 0 Å². The van der Waals surface area contributed by atoms with Gasteiger partial charge < -0.3 is 14.6 Å². The van der Waals surface area contributed by atoms with E-state index in [4.69, 9.17) is 4.74 Å². The minimum Gasteiger partial charge on any atom is -0.393 e. The van der Waals surface area contributed by atoms with Crippen LogP contribution >= 0.6 is 11.8 Å². The van der Waals surface area contributed by atoms with Crippen molar-refractivity contribution >= 4 is 11.8 Å². The maximum Gasteiger partial charge on any atom is 0.411 e. The van der Waals surface area contributed by atoms with Crippen LogP contribution in [0.25, 0.3) is 0 Å². The largest absolute Gasteiger partial charge is 0.411 e. The fourth-order valence-corrected chi connectivity index (χ4v) is 4.35. The lowest BCUT2D eigenvalue weighted by atomic mass is 9.79. The highest BCUT2D eigenvalue weighted by atomic mass is 32.2. The zero-order chi connectivity index (χ0) is 15.3. The monoisotopic (exact) mass is 328 g/mol. The maximum absolute atomic E-state index is 12.0. The number of hydrogen-bond acceptors (Lipinski definition) is 4. The van der Waals surface area contributed by atoms with Crippen molar-refractivity contribution in [2.45, 2.75) is 50.0 Å². The van der Waals surface area contributed by atoms with E-state index in [9.17, 15) is 18.3 Å². The predicted molar refractivity (Wildman–Crippen MR) is 75.5 cm³/mol. The molecule has 0 aromatic heterocycles. The summed E-state index contributed by atoms with van der Waals surface area (Å²) in [6.45, 7) is -0.661. The fourth-order valence-electron chi connectivity index (χ4n) is 3.11. The third-order valence-corrected chi connectivity index (χ3v) is 5.29. The van der Waals surface area contributed by atoms with Gasteiger partial charge in [0.25, 0.3) is 0 Å². The van der Waals surface area contributed by atoms with E-state index in [1.807, 2.05) is 11.8 Å². The molecular weight excluding hydrogens is 305 g/mol. The Morgan fingerprint density at radius 1 is 1.33 bits per heavy atom. The number of thioether (sulfide) groups is 1. The van der Waals surface area contributed by atoms with Crippen molar-refractivity contribution in [2.24, 2.45) is 5.92 Å². The second-order valence-electron chi connectivity index (χ2n) is 5.92. The van der Waals surface area contributed by atoms with Gasteiger partial charge in [0.1, 0.15) is 6.61 Å². The van der Waals surface area contributed by atoms with Gasteiger partial charge in [-0.3, -0.25) is 0 Å². The Morgan fingerprint density at radius 3 is 2.71 bits per heavy atom. The molecule has 0 aromatic rings. The molecule has 2 rings (SSSR count). The highest BCUT2D eigenvalue weighted by molar-refractivity contribution is 7.99. The van der Waals surface area contributed by atoms with Gasteiger partial charge in [-0.25, -0.2) is 0 Å². The van der Waals surface area contributed by atoms with Crippen molar-refractivity contribution < 1.29 is 27.8 Å². The average molecular weight is 328 g/mol. The summed E-state index contributed by atoms with van der Waals surface area (Å²) in [5, 5.41) is 10.2. The Kier molecular flexibility index (Phi) is 6.23. The molecule has 1 spiro atoms. The first-order valence-corrected chi connectivity index (χ1v) is 8.60. The molecule has 0 aliphatic carbocycles. The molecule has 1 N–H and O–H groups in total. The van der Waals surface area contributed by atoms with E-state index < -0.39 is 18.9 Å². The van der Waals surface area contributed by atoms with Crippen molar-refractivity contribution in [3.63, 3.8) is 0 Å². The van der Waals surface area contributed by atoms with Crippen LogP contribution in [0.2, 0.25) is 0 Å². The highest BCUT2D eigenvalue weighted by Crippen LogP contribution is 2.41. The molecule has 7 heteroatoms. The number of alkyl halides is 3. The standard InChI is InChI=1S/C14H23F3O3S/c15-14(16,17)10-19-5-2-12(18)11-1-6-20-13(9-11)3-7-21-8-4-13/h11-12,18H,1-10H2. The second-order valence-corrected chi connectivity index (χ2v) is 7.15. The predicted octanol–water partition coefficient (Wildman–Crippen LogP) is 3.01. The SMILES string of the molecule is OC(CCOCC(F)(F)F)C1CCOC2(CCSCC2)C1. The van der Waals surface area contributed by atoms with Gasteiger partial charge in [0, 0.05) is 13.2 Å². The van der Waals surface area contributed by atoms with Gasteiger partial charge in [0.05, 0.1) is 11.7 Å². The summed E-state index contributed by atoms with van der Waals surface area (Å²) >= 11 is 1.92. The van der Waals surface area contributed by atoms with Gasteiger partial charge in [-0.15, -0.1) is 0 Å². The molecule has 0 aromatic carbocycles. The lowest BCUT2D eigenvalue weighted by Gasteiger charge is -2.44. The molecule has 3 nitrogen and oxygen atoms in total. The second kappa shape index (κ2) is 7.53. The van der Waals surface area contributed by atoms with Crippen molar-refractivity contribution in [1.82, 2.24) is 0 Å². The fraction of sp³-hybridized carbons (Fsp3) is 1.00. The van der Waals surface area contributed by atoms with Crippen LogP contribution in [0.4, 0.5) is 13.2 Å². The number of ether oxygens (including phenoxy) is 2. The lowest BCUT2D eigenvalue weighted by molar-refractivity contribution is -0.176. The van der Waals surface area contributed by atoms with Gasteiger partial charge in [0.15, 0.2) is 0 Å². The summed E-state index contributed by atoms with van der Waals surface area (Å²) in [6, 6.07) is 0. The van der Waals surface area contributed by atoms with Crippen LogP contribution in [0, 0.1) is 5.92 Å². The molecule has 2 saturated heterocycles. The normalized spacial score (nSPS) is 27.7. The summed E-state index contributed by atoms with van der Waals surface area (Å²) in [6.07, 6.45) is -1.05. The van der Waals surface area contributed by atoms with E-state index in [0.29, 0.717) is 6.61 Å². The molecule has 2 heterocycles. The third kappa shape index (κ3) is 5.62. The number of aliphatic hydroxyl groups excluding tert-OH is 1. The van der Waals surface area contributed by atoms with E-state index in [1.54, 1.807) is 0 Å². The van der Waals surface area contributed by atoms with Gasteiger partial charge in [-0.1, -0.05) is 0 Å². The van der Waals surface area contributed by atoms with Crippen LogP contribution in [-0.4, -0.2) is 54.3 Å². The Hall–Kier alpha value is 0.0200. The summed E-state index contributed by atoms with van der Waals surface area (Å²) in [5.74, 6) is 2.27. The first kappa shape index (κ1) is 17.4. The number of rotatable bonds is 5. The molecule has 0 bridgehead atoms. The minimum absolute atomic E-state index is 0.0547. The third-order valence-electron chi connectivity index (χ3n) is 4.30. The number of halogens is 3. The first-order chi connectivity index (χ1) is 9.90. The zero-order valence-electron chi connectivity index (χ0n) is 12.0. The molecule has 0 saturated carbocycles. The van der Waals surface area contributed by atoms with Gasteiger partial charge in [-0.05, 0) is 49.5 Å². The van der Waals surface area contributed by atoms with Crippen LogP contribution in [-0.2, 0) is 9.47 Å². The van der Waals surface area contributed by atoms with Crippen LogP contribution in [0.3, 0.4) is 0 Å². The van der Waals surface area contributed by atoms with E-state index in [2.05, 4.69) is 4.74 Å². The number of hydrogen-bond donors (Lipinski definition) is 1. The van der Waals surface area contributed by atoms with Gasteiger partial charge in [-0.2, -0.15) is 24.9 Å². The Bertz CT molecular complexity index is 314. The van der Waals surface area contributed by atoms with E-state index in [-0.39, 0.29) is 24.5 Å². The Balaban J connectivity index is 1.73. The molecule has 124 valence electrons. The van der Waals surface area contributed by atoms with Crippen LogP contribution in [0.15, 0.2) is 0 Å². The van der Waals surface area contributed by atoms with E-state index >= 15 is 0 Å². The Labute approximate surface area is 127 Å². The maximum atomic E-state index is 12.0. The summed E-state index contributed by atoms with van der Waals surface area (Å²) in [7, 11) is 0. The van der Waals surface area contributed by atoms with Gasteiger partial charge >= 0.3 is 6.18 Å². The topological polar surface area (TPSA) is 38.7 Å². The average Bonchev–Trinajstić information content (AvgIpc) is 2.43. The highest BCUT2D eigenvalue weighted by Gasteiger charge is 2.40. The zero-order valence-corrected chi connectivity index (χ0v) is 12.8. The molecule has 2 atom stereocenters. The quantitative estimate of drug-likeness (QED) is 0.788. The molecule has 0 radical (unpaired) electrons. The molecule has 2 aliphatic heterocycles. The van der Waals surface area contributed by atoms with Crippen LogP contribution in [0.5, 0.6) is 0 Å².